The van der Waals surface area contributed by atoms with Crippen LogP contribution in [0.5, 0.6) is 0 Å². The van der Waals surface area contributed by atoms with Crippen molar-refractivity contribution in [1.82, 2.24) is 19.3 Å². The molecule has 0 saturated carbocycles. The minimum absolute atomic E-state index is 0.0974. The normalized spacial score (nSPS) is 15.8. The zero-order valence-corrected chi connectivity index (χ0v) is 19.2. The fourth-order valence-corrected chi connectivity index (χ4v) is 4.72. The molecule has 168 valence electrons. The molecule has 0 spiro atoms. The van der Waals surface area contributed by atoms with Gasteiger partial charge in [-0.3, -0.25) is 9.36 Å². The highest BCUT2D eigenvalue weighted by atomic mass is 32.2. The molecule has 1 unspecified atom stereocenters. The van der Waals surface area contributed by atoms with Crippen LogP contribution in [0.2, 0.25) is 0 Å². The van der Waals surface area contributed by atoms with Gasteiger partial charge in [-0.1, -0.05) is 11.8 Å². The molecule has 1 amide bonds. The molecule has 32 heavy (non-hydrogen) atoms. The number of nitrogens with one attached hydrogen (secondary N) is 1. The lowest BCUT2D eigenvalue weighted by molar-refractivity contribution is -0.113. The molecule has 0 aliphatic carbocycles. The number of ether oxygens (including phenoxy) is 1. The highest BCUT2D eigenvalue weighted by molar-refractivity contribution is 7.99. The summed E-state index contributed by atoms with van der Waals surface area (Å²) in [5, 5.41) is 21.7. The Bertz CT molecular complexity index is 1140. The maximum Gasteiger partial charge on any atom is 0.235 e. The van der Waals surface area contributed by atoms with Crippen molar-refractivity contribution in [2.24, 2.45) is 0 Å². The molecule has 0 radical (unpaired) electrons. The first-order valence-corrected chi connectivity index (χ1v) is 11.6. The zero-order chi connectivity index (χ0) is 22.7. The number of hydrogen-bond donors (Lipinski definition) is 1. The van der Waals surface area contributed by atoms with E-state index in [1.807, 2.05) is 36.0 Å². The quantitative estimate of drug-likeness (QED) is 0.516. The Morgan fingerprint density at radius 1 is 1.38 bits per heavy atom. The van der Waals surface area contributed by atoms with E-state index in [9.17, 15) is 10.1 Å². The fraction of sp³-hybridized carbons (Fsp3) is 0.455. The van der Waals surface area contributed by atoms with Crippen LogP contribution in [-0.2, 0) is 22.6 Å². The third-order valence-electron chi connectivity index (χ3n) is 5.72. The number of rotatable bonds is 8. The molecule has 10 heteroatoms. The van der Waals surface area contributed by atoms with E-state index < -0.39 is 0 Å². The predicted octanol–water partition coefficient (Wildman–Crippen LogP) is 3.76. The van der Waals surface area contributed by atoms with E-state index in [1.54, 1.807) is 12.3 Å². The number of hydrogen-bond acceptors (Lipinski definition) is 7. The van der Waals surface area contributed by atoms with Gasteiger partial charge >= 0.3 is 0 Å². The molecule has 4 rings (SSSR count). The lowest BCUT2D eigenvalue weighted by Gasteiger charge is -2.16. The van der Waals surface area contributed by atoms with Gasteiger partial charge < -0.3 is 19.0 Å². The van der Waals surface area contributed by atoms with E-state index in [1.165, 1.54) is 11.8 Å². The molecule has 3 aromatic heterocycles. The second kappa shape index (κ2) is 9.63. The maximum atomic E-state index is 12.8. The number of anilines is 1. The predicted molar refractivity (Wildman–Crippen MR) is 120 cm³/mol. The molecule has 4 heterocycles. The largest absolute Gasteiger partial charge is 0.461 e. The lowest BCUT2D eigenvalue weighted by atomic mass is 10.2. The highest BCUT2D eigenvalue weighted by Crippen LogP contribution is 2.29. The van der Waals surface area contributed by atoms with Crippen LogP contribution in [0.15, 0.2) is 28.0 Å². The molecule has 1 N–H and O–H groups in total. The Balaban J connectivity index is 1.49. The van der Waals surface area contributed by atoms with Gasteiger partial charge in [-0.15, -0.1) is 10.2 Å². The van der Waals surface area contributed by atoms with Gasteiger partial charge in [0.15, 0.2) is 16.7 Å². The van der Waals surface area contributed by atoms with Crippen LogP contribution in [0.1, 0.15) is 36.6 Å². The average Bonchev–Trinajstić information content (AvgIpc) is 3.58. The molecule has 1 aliphatic heterocycles. The van der Waals surface area contributed by atoms with E-state index >= 15 is 0 Å². The summed E-state index contributed by atoms with van der Waals surface area (Å²) in [5.41, 5.74) is 2.34. The average molecular weight is 455 g/mol. The molecular weight excluding hydrogens is 428 g/mol. The lowest BCUT2D eigenvalue weighted by Crippen LogP contribution is -2.22. The third kappa shape index (κ3) is 4.31. The molecule has 1 fully saturated rings. The van der Waals surface area contributed by atoms with Crippen LogP contribution in [0, 0.1) is 25.2 Å². The minimum atomic E-state index is -0.206. The van der Waals surface area contributed by atoms with E-state index in [4.69, 9.17) is 9.15 Å². The first kappa shape index (κ1) is 22.2. The molecule has 1 aliphatic rings. The molecule has 0 aromatic carbocycles. The van der Waals surface area contributed by atoms with Crippen LogP contribution in [0.4, 0.5) is 5.82 Å². The van der Waals surface area contributed by atoms with Crippen LogP contribution in [0.3, 0.4) is 0 Å². The Morgan fingerprint density at radius 3 is 2.88 bits per heavy atom. The number of furan rings is 1. The summed E-state index contributed by atoms with van der Waals surface area (Å²) in [6.45, 7) is 7.88. The van der Waals surface area contributed by atoms with Crippen molar-refractivity contribution in [3.63, 3.8) is 0 Å². The van der Waals surface area contributed by atoms with Gasteiger partial charge in [0.2, 0.25) is 5.91 Å². The minimum Gasteiger partial charge on any atom is -0.461 e. The summed E-state index contributed by atoms with van der Waals surface area (Å²) in [5.74, 6) is 1.74. The van der Waals surface area contributed by atoms with E-state index in [2.05, 4.69) is 21.6 Å². The number of nitriles is 1. The van der Waals surface area contributed by atoms with Gasteiger partial charge in [-0.05, 0) is 51.3 Å². The van der Waals surface area contributed by atoms with Crippen molar-refractivity contribution < 1.29 is 13.9 Å². The second-order valence-electron chi connectivity index (χ2n) is 7.66. The van der Waals surface area contributed by atoms with E-state index in [0.717, 1.165) is 30.7 Å². The van der Waals surface area contributed by atoms with Crippen molar-refractivity contribution in [3.8, 4) is 17.7 Å². The van der Waals surface area contributed by atoms with Crippen LogP contribution in [-0.4, -0.2) is 43.7 Å². The van der Waals surface area contributed by atoms with Gasteiger partial charge in [0.05, 0.1) is 30.2 Å². The molecule has 0 bridgehead atoms. The Morgan fingerprint density at radius 2 is 2.22 bits per heavy atom. The molecule has 1 saturated heterocycles. The summed E-state index contributed by atoms with van der Waals surface area (Å²) in [4.78, 5) is 12.8. The van der Waals surface area contributed by atoms with Crippen LogP contribution >= 0.6 is 11.8 Å². The summed E-state index contributed by atoms with van der Waals surface area (Å²) >= 11 is 1.30. The van der Waals surface area contributed by atoms with Crippen molar-refractivity contribution >= 4 is 23.5 Å². The van der Waals surface area contributed by atoms with Crippen molar-refractivity contribution in [2.45, 2.75) is 58.0 Å². The number of carbonyl (C=O) groups is 1. The Kier molecular flexibility index (Phi) is 6.67. The highest BCUT2D eigenvalue weighted by Gasteiger charge is 2.24. The number of amides is 1. The summed E-state index contributed by atoms with van der Waals surface area (Å²) in [6.07, 6.45) is 3.70. The maximum absolute atomic E-state index is 12.8. The standard InChI is InChI=1S/C22H26N6O3S/c1-4-27-21(18-8-6-10-31-18)25-26-22(27)32-13-19(29)24-20-17(11-23)14(2)15(3)28(20)12-16-7-5-9-30-16/h6,8,10,16H,4-5,7,9,12-13H2,1-3H3,(H,24,29). The van der Waals surface area contributed by atoms with Crippen LogP contribution in [0.25, 0.3) is 11.6 Å². The van der Waals surface area contributed by atoms with Gasteiger partial charge in [0.25, 0.3) is 0 Å². The Hall–Kier alpha value is -3.03. The molecule has 9 nitrogen and oxygen atoms in total. The molecule has 1 atom stereocenters. The fourth-order valence-electron chi connectivity index (χ4n) is 3.92. The number of carbonyl (C=O) groups excluding carboxylic acids is 1. The number of nitrogens with zero attached hydrogens (tertiary/aromatic N) is 5. The Labute approximate surface area is 190 Å². The van der Waals surface area contributed by atoms with Crippen molar-refractivity contribution in [2.75, 3.05) is 17.7 Å². The zero-order valence-electron chi connectivity index (χ0n) is 18.4. The third-order valence-corrected chi connectivity index (χ3v) is 6.68. The second-order valence-corrected chi connectivity index (χ2v) is 8.60. The monoisotopic (exact) mass is 454 g/mol. The molecule has 3 aromatic rings. The molecular formula is C22H26N6O3S. The van der Waals surface area contributed by atoms with Gasteiger partial charge in [-0.25, -0.2) is 0 Å². The summed E-state index contributed by atoms with van der Waals surface area (Å²) < 4.78 is 15.1. The number of thioether (sulfide) groups is 1. The van der Waals surface area contributed by atoms with E-state index in [-0.39, 0.29) is 17.8 Å². The van der Waals surface area contributed by atoms with Gasteiger partial charge in [0, 0.05) is 18.8 Å². The first-order chi connectivity index (χ1) is 15.5. The SMILES string of the molecule is CCn1c(SCC(=O)Nc2c(C#N)c(C)c(C)n2CC2CCCO2)nnc1-c1ccco1. The van der Waals surface area contributed by atoms with Gasteiger partial charge in [-0.2, -0.15) is 5.26 Å². The van der Waals surface area contributed by atoms with Gasteiger partial charge in [0.1, 0.15) is 11.9 Å². The summed E-state index contributed by atoms with van der Waals surface area (Å²) in [7, 11) is 0. The van der Waals surface area contributed by atoms with E-state index in [0.29, 0.717) is 41.2 Å². The smallest absolute Gasteiger partial charge is 0.235 e. The number of aromatic nitrogens is 4. The van der Waals surface area contributed by atoms with Crippen molar-refractivity contribution in [1.29, 1.82) is 5.26 Å². The summed E-state index contributed by atoms with van der Waals surface area (Å²) in [6, 6.07) is 5.87. The first-order valence-electron chi connectivity index (χ1n) is 10.6. The topological polar surface area (TPSA) is 111 Å². The van der Waals surface area contributed by atoms with Crippen molar-refractivity contribution in [3.05, 3.63) is 35.2 Å². The van der Waals surface area contributed by atoms with Crippen LogP contribution < -0.4 is 5.32 Å².